The number of nitrogens with two attached hydrogens (primary N) is 2. The van der Waals surface area contributed by atoms with Gasteiger partial charge in [-0.2, -0.15) is 0 Å². The Hall–Kier alpha value is -1.99. The number of carbonyl (C=O) groups excluding carboxylic acids is 1. The largest absolute Gasteiger partial charge is 0.573 e. The maximum Gasteiger partial charge on any atom is 0.573 e. The quantitative estimate of drug-likeness (QED) is 0.603. The summed E-state index contributed by atoms with van der Waals surface area (Å²) in [5.41, 5.74) is 8.26. The Balaban J connectivity index is 3.24. The number of carbonyl (C=O) groups is 1. The molecule has 1 aromatic rings. The number of amides is 1. The summed E-state index contributed by atoms with van der Waals surface area (Å²) < 4.78 is 52.1. The topological polar surface area (TPSA) is 78.3 Å². The summed E-state index contributed by atoms with van der Waals surface area (Å²) in [6.07, 6.45) is -4.99. The minimum Gasteiger partial charge on any atom is -0.404 e. The average Bonchev–Trinajstić information content (AvgIpc) is 2.07. The Morgan fingerprint density at radius 1 is 1.31 bits per heavy atom. The van der Waals surface area contributed by atoms with Crippen LogP contribution in [0.5, 0.6) is 5.75 Å². The molecule has 0 saturated heterocycles. The van der Waals surface area contributed by atoms with Crippen molar-refractivity contribution in [1.29, 1.82) is 0 Å². The third-order valence-corrected chi connectivity index (χ3v) is 1.63. The van der Waals surface area contributed by atoms with Crippen molar-refractivity contribution in [1.82, 2.24) is 0 Å². The van der Waals surface area contributed by atoms with Gasteiger partial charge in [0.15, 0.2) is 5.75 Å². The summed E-state index contributed by atoms with van der Waals surface area (Å²) in [7, 11) is 0. The van der Waals surface area contributed by atoms with Gasteiger partial charge in [-0.1, -0.05) is 0 Å². The van der Waals surface area contributed by atoms with E-state index in [1.165, 1.54) is 0 Å². The molecule has 0 bridgehead atoms. The van der Waals surface area contributed by atoms with Gasteiger partial charge in [-0.15, -0.1) is 13.2 Å². The van der Waals surface area contributed by atoms with E-state index in [0.29, 0.717) is 12.1 Å². The van der Waals surface area contributed by atoms with Crippen molar-refractivity contribution in [2.24, 2.45) is 5.73 Å². The van der Waals surface area contributed by atoms with Crippen molar-refractivity contribution < 1.29 is 27.1 Å². The summed E-state index contributed by atoms with van der Waals surface area (Å²) >= 11 is 0. The summed E-state index contributed by atoms with van der Waals surface area (Å²) in [4.78, 5) is 10.7. The molecule has 1 aromatic carbocycles. The molecule has 1 rings (SSSR count). The van der Waals surface area contributed by atoms with E-state index in [4.69, 9.17) is 11.5 Å². The van der Waals surface area contributed by atoms with Crippen LogP contribution in [-0.4, -0.2) is 12.3 Å². The lowest BCUT2D eigenvalue weighted by atomic mass is 10.1. The SMILES string of the molecule is NC(=O)c1c(F)ccc(OC(F)(F)F)c1N. The predicted octanol–water partition coefficient (Wildman–Crippen LogP) is 1.41. The number of rotatable bonds is 2. The standard InChI is InChI=1S/C8H6F4N2O2/c9-3-1-2-4(16-8(10,11)12)6(13)5(3)7(14)15/h1-2H,13H2,(H2,14,15). The fraction of sp³-hybridized carbons (Fsp3) is 0.125. The van der Waals surface area contributed by atoms with E-state index >= 15 is 0 Å². The van der Waals surface area contributed by atoms with Crippen LogP contribution in [0.4, 0.5) is 23.2 Å². The molecule has 0 saturated carbocycles. The number of hydrogen-bond donors (Lipinski definition) is 2. The molecule has 0 unspecified atom stereocenters. The van der Waals surface area contributed by atoms with Crippen LogP contribution in [0.1, 0.15) is 10.4 Å². The highest BCUT2D eigenvalue weighted by Gasteiger charge is 2.33. The molecule has 0 aromatic heterocycles. The van der Waals surface area contributed by atoms with E-state index < -0.39 is 35.1 Å². The van der Waals surface area contributed by atoms with Crippen LogP contribution in [-0.2, 0) is 0 Å². The molecule has 8 heteroatoms. The second-order valence-electron chi connectivity index (χ2n) is 2.75. The zero-order valence-electron chi connectivity index (χ0n) is 7.64. The molecule has 0 heterocycles. The van der Waals surface area contributed by atoms with Crippen LogP contribution in [0.2, 0.25) is 0 Å². The monoisotopic (exact) mass is 238 g/mol. The summed E-state index contributed by atoms with van der Waals surface area (Å²) in [5, 5.41) is 0. The molecule has 0 radical (unpaired) electrons. The molecule has 88 valence electrons. The number of alkyl halides is 3. The molecule has 0 atom stereocenters. The number of hydrogen-bond acceptors (Lipinski definition) is 3. The normalized spacial score (nSPS) is 11.2. The van der Waals surface area contributed by atoms with Gasteiger partial charge in [0.25, 0.3) is 5.91 Å². The Kier molecular flexibility index (Phi) is 2.92. The number of primary amides is 1. The van der Waals surface area contributed by atoms with Gasteiger partial charge in [0.05, 0.1) is 5.69 Å². The third kappa shape index (κ3) is 2.53. The van der Waals surface area contributed by atoms with Crippen LogP contribution in [0, 0.1) is 5.82 Å². The molecule has 0 fully saturated rings. The minimum atomic E-state index is -4.99. The van der Waals surface area contributed by atoms with Gasteiger partial charge in [0.1, 0.15) is 11.4 Å². The van der Waals surface area contributed by atoms with Crippen LogP contribution in [0.3, 0.4) is 0 Å². The van der Waals surface area contributed by atoms with E-state index in [0.717, 1.165) is 0 Å². The average molecular weight is 238 g/mol. The fourth-order valence-corrected chi connectivity index (χ4v) is 1.04. The van der Waals surface area contributed by atoms with E-state index in [2.05, 4.69) is 4.74 Å². The Labute approximate surface area is 86.8 Å². The number of halogens is 4. The molecular weight excluding hydrogens is 232 g/mol. The first-order valence-corrected chi connectivity index (χ1v) is 3.86. The highest BCUT2D eigenvalue weighted by atomic mass is 19.4. The van der Waals surface area contributed by atoms with Crippen molar-refractivity contribution in [3.63, 3.8) is 0 Å². The van der Waals surface area contributed by atoms with Gasteiger partial charge in [0.2, 0.25) is 0 Å². The van der Waals surface area contributed by atoms with E-state index in [1.807, 2.05) is 0 Å². The number of benzene rings is 1. The molecule has 0 aliphatic heterocycles. The van der Waals surface area contributed by atoms with Crippen molar-refractivity contribution in [3.05, 3.63) is 23.5 Å². The van der Waals surface area contributed by atoms with E-state index in [-0.39, 0.29) is 0 Å². The first kappa shape index (κ1) is 12.1. The lowest BCUT2D eigenvalue weighted by Crippen LogP contribution is -2.21. The van der Waals surface area contributed by atoms with Crippen LogP contribution >= 0.6 is 0 Å². The molecule has 0 aliphatic rings. The molecule has 0 spiro atoms. The van der Waals surface area contributed by atoms with Gasteiger partial charge >= 0.3 is 6.36 Å². The van der Waals surface area contributed by atoms with Crippen LogP contribution < -0.4 is 16.2 Å². The zero-order chi connectivity index (χ0) is 12.5. The minimum absolute atomic E-state index is 0.609. The second kappa shape index (κ2) is 3.87. The summed E-state index contributed by atoms with van der Waals surface area (Å²) in [6.45, 7) is 0. The molecule has 16 heavy (non-hydrogen) atoms. The third-order valence-electron chi connectivity index (χ3n) is 1.63. The van der Waals surface area contributed by atoms with Gasteiger partial charge in [-0.05, 0) is 12.1 Å². The van der Waals surface area contributed by atoms with Gasteiger partial charge in [-0.3, -0.25) is 4.79 Å². The molecular formula is C8H6F4N2O2. The highest BCUT2D eigenvalue weighted by molar-refractivity contribution is 5.99. The van der Waals surface area contributed by atoms with Crippen molar-refractivity contribution in [2.75, 3.05) is 5.73 Å². The molecule has 4 N–H and O–H groups in total. The zero-order valence-corrected chi connectivity index (χ0v) is 7.64. The van der Waals surface area contributed by atoms with Crippen LogP contribution in [0.15, 0.2) is 12.1 Å². The van der Waals surface area contributed by atoms with Gasteiger partial charge in [-0.25, -0.2) is 4.39 Å². The van der Waals surface area contributed by atoms with Crippen molar-refractivity contribution in [2.45, 2.75) is 6.36 Å². The van der Waals surface area contributed by atoms with Crippen molar-refractivity contribution >= 4 is 11.6 Å². The van der Waals surface area contributed by atoms with Gasteiger partial charge < -0.3 is 16.2 Å². The fourth-order valence-electron chi connectivity index (χ4n) is 1.04. The maximum absolute atomic E-state index is 13.0. The number of nitrogen functional groups attached to an aromatic ring is 1. The van der Waals surface area contributed by atoms with Gasteiger partial charge in [0, 0.05) is 0 Å². The first-order chi connectivity index (χ1) is 7.22. The first-order valence-electron chi connectivity index (χ1n) is 3.86. The highest BCUT2D eigenvalue weighted by Crippen LogP contribution is 2.31. The van der Waals surface area contributed by atoms with E-state index in [9.17, 15) is 22.4 Å². The second-order valence-corrected chi connectivity index (χ2v) is 2.75. The van der Waals surface area contributed by atoms with Crippen molar-refractivity contribution in [3.8, 4) is 5.75 Å². The molecule has 4 nitrogen and oxygen atoms in total. The smallest absolute Gasteiger partial charge is 0.404 e. The molecule has 1 amide bonds. The summed E-state index contributed by atoms with van der Waals surface area (Å²) in [6, 6.07) is 1.27. The predicted molar refractivity (Wildman–Crippen MR) is 46.0 cm³/mol. The number of ether oxygens (including phenoxy) is 1. The number of anilines is 1. The Morgan fingerprint density at radius 2 is 1.88 bits per heavy atom. The Bertz CT molecular complexity index is 431. The summed E-state index contributed by atoms with van der Waals surface area (Å²) in [5.74, 6) is -3.26. The lowest BCUT2D eigenvalue weighted by molar-refractivity contribution is -0.274. The van der Waals surface area contributed by atoms with Crippen LogP contribution in [0.25, 0.3) is 0 Å². The van der Waals surface area contributed by atoms with E-state index in [1.54, 1.807) is 0 Å². The lowest BCUT2D eigenvalue weighted by Gasteiger charge is -2.12. The maximum atomic E-state index is 13.0. The molecule has 0 aliphatic carbocycles. The Morgan fingerprint density at radius 3 is 2.31 bits per heavy atom.